The van der Waals surface area contributed by atoms with Crippen molar-refractivity contribution < 1.29 is 4.79 Å². The van der Waals surface area contributed by atoms with E-state index in [4.69, 9.17) is 0 Å². The number of nitrogens with one attached hydrogen (secondary N) is 1. The second kappa shape index (κ2) is 6.49. The summed E-state index contributed by atoms with van der Waals surface area (Å²) in [4.78, 5) is 14.9. The Kier molecular flexibility index (Phi) is 5.18. The van der Waals surface area contributed by atoms with E-state index in [0.29, 0.717) is 11.2 Å². The fourth-order valence-corrected chi connectivity index (χ4v) is 4.54. The van der Waals surface area contributed by atoms with E-state index in [2.05, 4.69) is 35.8 Å². The molecule has 19 heavy (non-hydrogen) atoms. The Bertz CT molecular complexity index is 313. The van der Waals surface area contributed by atoms with Gasteiger partial charge in [-0.2, -0.15) is 11.8 Å². The van der Waals surface area contributed by atoms with Crippen LogP contribution in [-0.4, -0.2) is 47.0 Å². The van der Waals surface area contributed by atoms with Crippen LogP contribution in [0.3, 0.4) is 0 Å². The Morgan fingerprint density at radius 1 is 1.32 bits per heavy atom. The van der Waals surface area contributed by atoms with E-state index in [1.165, 1.54) is 25.0 Å². The van der Waals surface area contributed by atoms with E-state index in [9.17, 15) is 4.79 Å². The normalized spacial score (nSPS) is 32.2. The van der Waals surface area contributed by atoms with Crippen LogP contribution in [0.15, 0.2) is 0 Å². The highest BCUT2D eigenvalue weighted by Gasteiger charge is 2.38. The summed E-state index contributed by atoms with van der Waals surface area (Å²) < 4.78 is 0. The zero-order valence-corrected chi connectivity index (χ0v) is 13.4. The number of likely N-dealkylation sites (N-methyl/N-ethyl adjacent to an activating group) is 1. The molecular weight excluding hydrogens is 256 g/mol. The Morgan fingerprint density at radius 3 is 2.74 bits per heavy atom. The van der Waals surface area contributed by atoms with Crippen LogP contribution in [0.25, 0.3) is 0 Å². The molecule has 0 aliphatic carbocycles. The highest BCUT2D eigenvalue weighted by Crippen LogP contribution is 2.32. The minimum Gasteiger partial charge on any atom is -0.335 e. The average molecular weight is 284 g/mol. The van der Waals surface area contributed by atoms with Crippen LogP contribution in [0.2, 0.25) is 0 Å². The van der Waals surface area contributed by atoms with Gasteiger partial charge in [0.1, 0.15) is 0 Å². The molecule has 0 bridgehead atoms. The van der Waals surface area contributed by atoms with Crippen molar-refractivity contribution in [3.63, 3.8) is 0 Å². The molecule has 2 heterocycles. The smallest absolute Gasteiger partial charge is 0.240 e. The number of rotatable bonds is 3. The fraction of sp³-hybridized carbons (Fsp3) is 0.933. The topological polar surface area (TPSA) is 32.3 Å². The zero-order chi connectivity index (χ0) is 13.9. The van der Waals surface area contributed by atoms with Crippen LogP contribution < -0.4 is 5.32 Å². The minimum atomic E-state index is 0.0146. The average Bonchev–Trinajstić information content (AvgIpc) is 2.50. The van der Waals surface area contributed by atoms with Gasteiger partial charge in [0, 0.05) is 17.3 Å². The maximum Gasteiger partial charge on any atom is 0.240 e. The van der Waals surface area contributed by atoms with Gasteiger partial charge in [0.25, 0.3) is 0 Å². The van der Waals surface area contributed by atoms with Crippen molar-refractivity contribution in [2.24, 2.45) is 0 Å². The Morgan fingerprint density at radius 2 is 2.11 bits per heavy atom. The van der Waals surface area contributed by atoms with Crippen molar-refractivity contribution in [2.75, 3.05) is 19.3 Å². The Labute approximate surface area is 121 Å². The molecule has 2 unspecified atom stereocenters. The molecule has 1 amide bonds. The van der Waals surface area contributed by atoms with Crippen LogP contribution in [-0.2, 0) is 4.79 Å². The highest BCUT2D eigenvalue weighted by atomic mass is 32.2. The molecule has 2 fully saturated rings. The number of hydrogen-bond donors (Lipinski definition) is 1. The molecule has 2 aliphatic rings. The molecule has 2 aliphatic heterocycles. The third-order valence-electron chi connectivity index (χ3n) is 4.58. The highest BCUT2D eigenvalue weighted by molar-refractivity contribution is 7.99. The van der Waals surface area contributed by atoms with Gasteiger partial charge in [-0.25, -0.2) is 0 Å². The van der Waals surface area contributed by atoms with Crippen molar-refractivity contribution in [3.05, 3.63) is 0 Å². The van der Waals surface area contributed by atoms with Crippen LogP contribution in [0, 0.1) is 0 Å². The maximum absolute atomic E-state index is 12.7. The van der Waals surface area contributed by atoms with Crippen LogP contribution in [0.5, 0.6) is 0 Å². The first kappa shape index (κ1) is 15.2. The Balaban J connectivity index is 2.08. The van der Waals surface area contributed by atoms with Crippen molar-refractivity contribution >= 4 is 17.7 Å². The largest absolute Gasteiger partial charge is 0.335 e. The molecule has 1 N–H and O–H groups in total. The molecule has 2 rings (SSSR count). The minimum absolute atomic E-state index is 0.0146. The number of carbonyl (C=O) groups excluding carboxylic acids is 1. The van der Waals surface area contributed by atoms with Gasteiger partial charge >= 0.3 is 0 Å². The first-order chi connectivity index (χ1) is 9.04. The molecule has 2 atom stereocenters. The maximum atomic E-state index is 12.7. The number of amides is 1. The van der Waals surface area contributed by atoms with Gasteiger partial charge in [0.2, 0.25) is 5.91 Å². The standard InChI is InChI=1S/C15H28N2OS/c1-15(2)9-6-8-13(16-3)14(18)17(15)11-12-7-4-5-10-19-12/h12-13,16H,4-11H2,1-3H3. The van der Waals surface area contributed by atoms with Gasteiger partial charge in [0.05, 0.1) is 6.04 Å². The van der Waals surface area contributed by atoms with Gasteiger partial charge in [-0.15, -0.1) is 0 Å². The predicted molar refractivity (Wildman–Crippen MR) is 82.6 cm³/mol. The molecule has 0 aromatic heterocycles. The van der Waals surface area contributed by atoms with E-state index in [1.54, 1.807) is 0 Å². The summed E-state index contributed by atoms with van der Waals surface area (Å²) in [7, 11) is 1.91. The van der Waals surface area contributed by atoms with Crippen LogP contribution in [0.1, 0.15) is 52.4 Å². The van der Waals surface area contributed by atoms with E-state index >= 15 is 0 Å². The summed E-state index contributed by atoms with van der Waals surface area (Å²) in [5, 5.41) is 3.85. The monoisotopic (exact) mass is 284 g/mol. The molecule has 0 saturated carbocycles. The third kappa shape index (κ3) is 3.66. The van der Waals surface area contributed by atoms with Gasteiger partial charge in [-0.1, -0.05) is 6.42 Å². The predicted octanol–water partition coefficient (Wildman–Crippen LogP) is 2.65. The van der Waals surface area contributed by atoms with E-state index in [-0.39, 0.29) is 11.6 Å². The quantitative estimate of drug-likeness (QED) is 0.865. The van der Waals surface area contributed by atoms with Crippen molar-refractivity contribution in [1.82, 2.24) is 10.2 Å². The number of hydrogen-bond acceptors (Lipinski definition) is 3. The number of nitrogens with zero attached hydrogens (tertiary/aromatic N) is 1. The molecule has 4 heteroatoms. The molecule has 0 aromatic rings. The van der Waals surface area contributed by atoms with Crippen molar-refractivity contribution in [3.8, 4) is 0 Å². The molecule has 0 radical (unpaired) electrons. The van der Waals surface area contributed by atoms with Crippen LogP contribution in [0.4, 0.5) is 0 Å². The molecular formula is C15H28N2OS. The summed E-state index contributed by atoms with van der Waals surface area (Å²) in [6.45, 7) is 5.40. The lowest BCUT2D eigenvalue weighted by atomic mass is 9.96. The van der Waals surface area contributed by atoms with Gasteiger partial charge in [0.15, 0.2) is 0 Å². The number of carbonyl (C=O) groups is 1. The molecule has 0 aromatic carbocycles. The van der Waals surface area contributed by atoms with E-state index < -0.39 is 0 Å². The van der Waals surface area contributed by atoms with Gasteiger partial charge in [-0.05, 0) is 58.8 Å². The molecule has 3 nitrogen and oxygen atoms in total. The Hall–Kier alpha value is -0.220. The first-order valence-corrected chi connectivity index (χ1v) is 8.70. The lowest BCUT2D eigenvalue weighted by Crippen LogP contribution is -2.54. The summed E-state index contributed by atoms with van der Waals surface area (Å²) in [6.07, 6.45) is 7.18. The summed E-state index contributed by atoms with van der Waals surface area (Å²) >= 11 is 2.06. The second-order valence-corrected chi connectivity index (χ2v) is 7.89. The first-order valence-electron chi connectivity index (χ1n) is 7.65. The number of likely N-dealkylation sites (tertiary alicyclic amines) is 1. The van der Waals surface area contributed by atoms with Crippen molar-refractivity contribution in [2.45, 2.75) is 69.2 Å². The fourth-order valence-electron chi connectivity index (χ4n) is 3.24. The van der Waals surface area contributed by atoms with Gasteiger partial charge < -0.3 is 10.2 Å². The van der Waals surface area contributed by atoms with E-state index in [1.807, 2.05) is 7.05 Å². The lowest BCUT2D eigenvalue weighted by molar-refractivity contribution is -0.137. The third-order valence-corrected chi connectivity index (χ3v) is 5.97. The molecule has 2 saturated heterocycles. The number of thioether (sulfide) groups is 1. The summed E-state index contributed by atoms with van der Waals surface area (Å²) in [5.74, 6) is 1.58. The van der Waals surface area contributed by atoms with E-state index in [0.717, 1.165) is 25.8 Å². The van der Waals surface area contributed by atoms with Gasteiger partial charge in [-0.3, -0.25) is 4.79 Å². The lowest BCUT2D eigenvalue weighted by Gasteiger charge is -2.41. The SMILES string of the molecule is CNC1CCCC(C)(C)N(CC2CCCCS2)C1=O. The van der Waals surface area contributed by atoms with Crippen LogP contribution >= 0.6 is 11.8 Å². The zero-order valence-electron chi connectivity index (χ0n) is 12.6. The summed E-state index contributed by atoms with van der Waals surface area (Å²) in [5.41, 5.74) is 0.0146. The van der Waals surface area contributed by atoms with Crippen molar-refractivity contribution in [1.29, 1.82) is 0 Å². The molecule has 110 valence electrons. The second-order valence-electron chi connectivity index (χ2n) is 6.48. The molecule has 0 spiro atoms. The summed E-state index contributed by atoms with van der Waals surface area (Å²) in [6, 6.07) is 0.0235.